The highest BCUT2D eigenvalue weighted by Gasteiger charge is 2.27. The molecule has 0 unspecified atom stereocenters. The fourth-order valence-electron chi connectivity index (χ4n) is 2.87. The molecular weight excluding hydrogens is 244 g/mol. The van der Waals surface area contributed by atoms with E-state index in [4.69, 9.17) is 0 Å². The van der Waals surface area contributed by atoms with Crippen LogP contribution in [0.25, 0.3) is 0 Å². The van der Waals surface area contributed by atoms with Crippen LogP contribution < -0.4 is 0 Å². The summed E-state index contributed by atoms with van der Waals surface area (Å²) >= 11 is 1.71. The van der Waals surface area contributed by atoms with Crippen LogP contribution in [0.1, 0.15) is 51.9 Å². The summed E-state index contributed by atoms with van der Waals surface area (Å²) in [5.74, 6) is 0.0726. The predicted molar refractivity (Wildman–Crippen MR) is 74.5 cm³/mol. The van der Waals surface area contributed by atoms with Gasteiger partial charge in [-0.15, -0.1) is 11.3 Å². The Morgan fingerprint density at radius 2 is 1.89 bits per heavy atom. The molecule has 0 radical (unpaired) electrons. The van der Waals surface area contributed by atoms with Gasteiger partial charge in [0.15, 0.2) is 0 Å². The maximum atomic E-state index is 12.4. The van der Waals surface area contributed by atoms with E-state index in [0.29, 0.717) is 0 Å². The summed E-state index contributed by atoms with van der Waals surface area (Å²) in [7, 11) is 1.76. The van der Waals surface area contributed by atoms with Gasteiger partial charge in [0.25, 0.3) is 5.91 Å². The predicted octanol–water partition coefficient (Wildman–Crippen LogP) is 3.02. The van der Waals surface area contributed by atoms with Crippen LogP contribution in [0.4, 0.5) is 0 Å². The first-order chi connectivity index (χ1) is 8.66. The molecule has 4 heteroatoms. The highest BCUT2D eigenvalue weighted by Crippen LogP contribution is 2.36. The topological polar surface area (TPSA) is 32.7 Å². The first-order valence-electron chi connectivity index (χ1n) is 6.62. The number of thiophene rings is 1. The normalized spacial score (nSPS) is 19.8. The van der Waals surface area contributed by atoms with Crippen LogP contribution in [-0.2, 0) is 19.3 Å². The van der Waals surface area contributed by atoms with Crippen molar-refractivity contribution in [1.29, 1.82) is 0 Å². The number of carbonyl (C=O) groups excluding carboxylic acids is 1. The zero-order chi connectivity index (χ0) is 12.7. The van der Waals surface area contributed by atoms with E-state index in [1.54, 1.807) is 18.4 Å². The Balaban J connectivity index is 2.09. The second kappa shape index (κ2) is 4.50. The van der Waals surface area contributed by atoms with E-state index in [-0.39, 0.29) is 5.91 Å². The quantitative estimate of drug-likeness (QED) is 0.707. The number of aryl methyl sites for hydroxylation is 1. The zero-order valence-electron chi connectivity index (χ0n) is 11.0. The molecule has 0 N–H and O–H groups in total. The Kier molecular flexibility index (Phi) is 2.98. The van der Waals surface area contributed by atoms with Crippen molar-refractivity contribution in [3.05, 3.63) is 20.9 Å². The second-order valence-electron chi connectivity index (χ2n) is 5.18. The molecule has 0 fully saturated rings. The Morgan fingerprint density at radius 3 is 2.72 bits per heavy atom. The Morgan fingerprint density at radius 1 is 1.11 bits per heavy atom. The molecule has 0 spiro atoms. The van der Waals surface area contributed by atoms with Gasteiger partial charge in [0.05, 0.1) is 4.88 Å². The Hall–Kier alpha value is -1.16. The smallest absolute Gasteiger partial charge is 0.266 e. The molecule has 3 rings (SSSR count). The van der Waals surface area contributed by atoms with Crippen molar-refractivity contribution < 1.29 is 4.79 Å². The number of carbonyl (C=O) groups is 1. The first-order valence-corrected chi connectivity index (χ1v) is 7.44. The Bertz CT molecular complexity index is 530. The minimum Gasteiger partial charge on any atom is -0.266 e. The number of rotatable bonds is 0. The van der Waals surface area contributed by atoms with E-state index >= 15 is 0 Å². The Labute approximate surface area is 111 Å². The number of amides is 1. The highest BCUT2D eigenvalue weighted by atomic mass is 32.1. The minimum atomic E-state index is 0.0726. The van der Waals surface area contributed by atoms with Crippen molar-refractivity contribution in [1.82, 2.24) is 5.01 Å². The maximum absolute atomic E-state index is 12.4. The molecule has 0 saturated heterocycles. The van der Waals surface area contributed by atoms with Gasteiger partial charge < -0.3 is 0 Å². The van der Waals surface area contributed by atoms with E-state index in [1.807, 2.05) is 6.92 Å². The molecule has 3 nitrogen and oxygen atoms in total. The average molecular weight is 262 g/mol. The van der Waals surface area contributed by atoms with Crippen molar-refractivity contribution in [2.45, 2.75) is 45.4 Å². The third-order valence-electron chi connectivity index (χ3n) is 3.83. The third kappa shape index (κ3) is 1.88. The fourth-order valence-corrected chi connectivity index (χ4v) is 4.28. The van der Waals surface area contributed by atoms with Gasteiger partial charge in [0.2, 0.25) is 0 Å². The minimum absolute atomic E-state index is 0.0726. The standard InChI is InChI=1S/C14H18N2OS/c1-9-7-8-11-10-5-3-4-6-12(10)18-13(11)14(17)16(2)15-9/h3-8H2,1-2H3. The van der Waals surface area contributed by atoms with Crippen LogP contribution in [0.3, 0.4) is 0 Å². The number of hydrogen-bond donors (Lipinski definition) is 0. The van der Waals surface area contributed by atoms with Gasteiger partial charge in [-0.3, -0.25) is 4.79 Å². The lowest BCUT2D eigenvalue weighted by molar-refractivity contribution is 0.0801. The monoisotopic (exact) mass is 262 g/mol. The lowest BCUT2D eigenvalue weighted by Crippen LogP contribution is -2.25. The SMILES string of the molecule is CC1=NN(C)C(=O)c2sc3c(c2CC1)CCCC3. The van der Waals surface area contributed by atoms with Crippen molar-refractivity contribution in [3.63, 3.8) is 0 Å². The van der Waals surface area contributed by atoms with Crippen LogP contribution in [0.15, 0.2) is 5.10 Å². The lowest BCUT2D eigenvalue weighted by Gasteiger charge is -2.17. The molecule has 2 aliphatic rings. The van der Waals surface area contributed by atoms with E-state index in [0.717, 1.165) is 36.3 Å². The van der Waals surface area contributed by atoms with Crippen LogP contribution in [0, 0.1) is 0 Å². The fraction of sp³-hybridized carbons (Fsp3) is 0.571. The number of hydrogen-bond acceptors (Lipinski definition) is 3. The van der Waals surface area contributed by atoms with Crippen molar-refractivity contribution in [3.8, 4) is 0 Å². The molecule has 1 aromatic rings. The zero-order valence-corrected chi connectivity index (χ0v) is 11.8. The molecule has 1 amide bonds. The second-order valence-corrected chi connectivity index (χ2v) is 6.29. The lowest BCUT2D eigenvalue weighted by atomic mass is 9.92. The molecule has 0 bridgehead atoms. The summed E-state index contributed by atoms with van der Waals surface area (Å²) in [6, 6.07) is 0. The number of nitrogens with zero attached hydrogens (tertiary/aromatic N) is 2. The van der Waals surface area contributed by atoms with Crippen LogP contribution in [0.2, 0.25) is 0 Å². The summed E-state index contributed by atoms with van der Waals surface area (Å²) in [6.07, 6.45) is 6.81. The molecule has 2 heterocycles. The van der Waals surface area contributed by atoms with Gasteiger partial charge >= 0.3 is 0 Å². The van der Waals surface area contributed by atoms with Crippen molar-refractivity contribution >= 4 is 23.0 Å². The van der Waals surface area contributed by atoms with E-state index < -0.39 is 0 Å². The van der Waals surface area contributed by atoms with Gasteiger partial charge in [-0.05, 0) is 56.6 Å². The van der Waals surface area contributed by atoms with Crippen LogP contribution in [0.5, 0.6) is 0 Å². The summed E-state index contributed by atoms with van der Waals surface area (Å²) in [5, 5.41) is 5.84. The number of fused-ring (bicyclic) bond motifs is 3. The van der Waals surface area contributed by atoms with Crippen LogP contribution >= 0.6 is 11.3 Å². The maximum Gasteiger partial charge on any atom is 0.284 e. The van der Waals surface area contributed by atoms with Gasteiger partial charge in [-0.1, -0.05) is 0 Å². The molecule has 18 heavy (non-hydrogen) atoms. The summed E-state index contributed by atoms with van der Waals surface area (Å²) in [4.78, 5) is 14.8. The molecule has 1 aliphatic heterocycles. The molecule has 0 aromatic carbocycles. The van der Waals surface area contributed by atoms with Gasteiger partial charge in [0, 0.05) is 17.6 Å². The molecule has 0 saturated carbocycles. The summed E-state index contributed by atoms with van der Waals surface area (Å²) < 4.78 is 0. The molecule has 96 valence electrons. The molecule has 1 aromatic heterocycles. The van der Waals surface area contributed by atoms with Crippen molar-refractivity contribution in [2.75, 3.05) is 7.05 Å². The molecular formula is C14H18N2OS. The average Bonchev–Trinajstić information content (AvgIpc) is 2.72. The third-order valence-corrected chi connectivity index (χ3v) is 5.15. The van der Waals surface area contributed by atoms with E-state index in [1.165, 1.54) is 33.9 Å². The van der Waals surface area contributed by atoms with Gasteiger partial charge in [-0.25, -0.2) is 5.01 Å². The largest absolute Gasteiger partial charge is 0.284 e. The summed E-state index contributed by atoms with van der Waals surface area (Å²) in [6.45, 7) is 2.01. The van der Waals surface area contributed by atoms with E-state index in [9.17, 15) is 4.79 Å². The number of hydrazone groups is 1. The van der Waals surface area contributed by atoms with Crippen molar-refractivity contribution in [2.24, 2.45) is 5.10 Å². The molecule has 1 aliphatic carbocycles. The van der Waals surface area contributed by atoms with Gasteiger partial charge in [-0.2, -0.15) is 5.10 Å². The highest BCUT2D eigenvalue weighted by molar-refractivity contribution is 7.14. The first kappa shape index (κ1) is 11.9. The van der Waals surface area contributed by atoms with Gasteiger partial charge in [0.1, 0.15) is 0 Å². The van der Waals surface area contributed by atoms with E-state index in [2.05, 4.69) is 5.10 Å². The summed E-state index contributed by atoms with van der Waals surface area (Å²) in [5.41, 5.74) is 3.85. The molecule has 0 atom stereocenters. The van der Waals surface area contributed by atoms with Crippen LogP contribution in [-0.4, -0.2) is 23.7 Å².